The van der Waals surface area contributed by atoms with E-state index in [0.29, 0.717) is 50.5 Å². The predicted octanol–water partition coefficient (Wildman–Crippen LogP) is 7.74. The van der Waals surface area contributed by atoms with Gasteiger partial charge >= 0.3 is 0 Å². The molecule has 33 heavy (non-hydrogen) atoms. The minimum absolute atomic E-state index is 0.0474. The molecule has 0 saturated carbocycles. The van der Waals surface area contributed by atoms with Crippen LogP contribution in [-0.4, -0.2) is 18.3 Å². The van der Waals surface area contributed by atoms with Crippen LogP contribution in [0.15, 0.2) is 54.4 Å². The molecule has 0 saturated heterocycles. The molecule has 2 rings (SSSR count). The van der Waals surface area contributed by atoms with Crippen molar-refractivity contribution in [3.05, 3.63) is 77.1 Å². The van der Waals surface area contributed by atoms with Crippen LogP contribution in [0.3, 0.4) is 0 Å². The molecule has 2 nitrogen and oxygen atoms in total. The summed E-state index contributed by atoms with van der Waals surface area (Å²) in [6.45, 7) is 10.7. The fourth-order valence-corrected chi connectivity index (χ4v) is 3.92. The first-order chi connectivity index (χ1) is 15.6. The minimum Gasteiger partial charge on any atom is -0.494 e. The monoisotopic (exact) mass is 466 g/mol. The number of halogens is 4. The second-order valence-electron chi connectivity index (χ2n) is 8.96. The molecule has 0 aromatic heterocycles. The van der Waals surface area contributed by atoms with Gasteiger partial charge < -0.3 is 9.84 Å². The van der Waals surface area contributed by atoms with Crippen molar-refractivity contribution < 1.29 is 27.4 Å². The van der Waals surface area contributed by atoms with Crippen molar-refractivity contribution >= 4 is 5.57 Å². The smallest absolute Gasteiger partial charge is 0.200 e. The van der Waals surface area contributed by atoms with Gasteiger partial charge in [0, 0.05) is 5.56 Å². The summed E-state index contributed by atoms with van der Waals surface area (Å²) < 4.78 is 62.0. The number of aliphatic hydroxyl groups is 1. The lowest BCUT2D eigenvalue weighted by Crippen LogP contribution is -2.11. The van der Waals surface area contributed by atoms with Gasteiger partial charge in [0.15, 0.2) is 23.3 Å². The molecule has 0 bridgehead atoms. The van der Waals surface area contributed by atoms with E-state index in [9.17, 15) is 22.7 Å². The summed E-state index contributed by atoms with van der Waals surface area (Å²) >= 11 is 0. The summed E-state index contributed by atoms with van der Waals surface area (Å²) in [6, 6.07) is 3.24. The van der Waals surface area contributed by atoms with E-state index in [1.807, 2.05) is 6.92 Å². The Morgan fingerprint density at radius 3 is 2.39 bits per heavy atom. The molecule has 3 atom stereocenters. The number of methoxy groups -OCH3 is 1. The molecule has 1 aromatic rings. The van der Waals surface area contributed by atoms with Gasteiger partial charge in [0.05, 0.1) is 13.2 Å². The molecule has 0 heterocycles. The van der Waals surface area contributed by atoms with Gasteiger partial charge in [0.2, 0.25) is 0 Å². The van der Waals surface area contributed by atoms with Crippen LogP contribution in [0.4, 0.5) is 17.6 Å². The zero-order chi connectivity index (χ0) is 24.7. The Labute approximate surface area is 194 Å². The highest BCUT2D eigenvalue weighted by molar-refractivity contribution is 5.67. The second-order valence-corrected chi connectivity index (χ2v) is 8.96. The van der Waals surface area contributed by atoms with Crippen molar-refractivity contribution in [2.24, 2.45) is 11.8 Å². The molecule has 1 aliphatic carbocycles. The Balaban J connectivity index is 1.92. The Hall–Kier alpha value is -2.34. The Kier molecular flexibility index (Phi) is 9.96. The summed E-state index contributed by atoms with van der Waals surface area (Å²) in [5, 5.41) is 9.59. The summed E-state index contributed by atoms with van der Waals surface area (Å²) in [7, 11) is 1.21. The van der Waals surface area contributed by atoms with Crippen LogP contribution in [0.25, 0.3) is 5.57 Å². The molecule has 3 unspecified atom stereocenters. The summed E-state index contributed by atoms with van der Waals surface area (Å²) in [6.07, 6.45) is 5.18. The van der Waals surface area contributed by atoms with Gasteiger partial charge in [0.25, 0.3) is 0 Å². The number of aryl methyl sites for hydroxylation is 1. The van der Waals surface area contributed by atoms with E-state index < -0.39 is 29.4 Å². The molecule has 0 fully saturated rings. The lowest BCUT2D eigenvalue weighted by Gasteiger charge is -2.19. The first kappa shape index (κ1) is 26.9. The summed E-state index contributed by atoms with van der Waals surface area (Å²) in [4.78, 5) is 0. The molecule has 6 heteroatoms. The van der Waals surface area contributed by atoms with Gasteiger partial charge in [0.1, 0.15) is 5.76 Å². The van der Waals surface area contributed by atoms with Crippen LogP contribution < -0.4 is 0 Å². The quantitative estimate of drug-likeness (QED) is 0.205. The first-order valence-electron chi connectivity index (χ1n) is 11.4. The average Bonchev–Trinajstić information content (AvgIpc) is 2.82. The minimum atomic E-state index is -1.15. The van der Waals surface area contributed by atoms with E-state index in [-0.39, 0.29) is 28.7 Å². The molecule has 1 aliphatic rings. The molecule has 1 aromatic carbocycles. The number of allylic oxidation sites excluding steroid dienone is 4. The summed E-state index contributed by atoms with van der Waals surface area (Å²) in [5.74, 6) is -4.36. The van der Waals surface area contributed by atoms with Crippen molar-refractivity contribution in [1.29, 1.82) is 0 Å². The van der Waals surface area contributed by atoms with Crippen LogP contribution in [0.5, 0.6) is 0 Å². The van der Waals surface area contributed by atoms with E-state index >= 15 is 0 Å². The van der Waals surface area contributed by atoms with Gasteiger partial charge in [-0.05, 0) is 67.1 Å². The summed E-state index contributed by atoms with van der Waals surface area (Å²) in [5.41, 5.74) is 1.37. The third-order valence-electron chi connectivity index (χ3n) is 6.45. The molecule has 0 spiro atoms. The number of ether oxygens (including phenoxy) is 1. The van der Waals surface area contributed by atoms with Crippen molar-refractivity contribution in [2.75, 3.05) is 7.11 Å². The molecule has 0 radical (unpaired) electrons. The van der Waals surface area contributed by atoms with Gasteiger partial charge in [-0.1, -0.05) is 51.6 Å². The SMILES string of the molecule is C=C(OC)/C(F)=C(/F)C(=C)C(C)CCC(C)CCc1ccc(C2=CCC(O)CC2)c(F)c1F. The van der Waals surface area contributed by atoms with Crippen LogP contribution in [0.2, 0.25) is 0 Å². The highest BCUT2D eigenvalue weighted by Gasteiger charge is 2.21. The first-order valence-corrected chi connectivity index (χ1v) is 11.4. The van der Waals surface area contributed by atoms with Crippen molar-refractivity contribution in [3.8, 4) is 0 Å². The average molecular weight is 467 g/mol. The molecule has 1 N–H and O–H groups in total. The standard InChI is InChI=1S/C27H34F4O2/c1-16(6-8-17(2)18(3)24(28)25(29)19(4)33-5)7-9-21-12-15-23(27(31)26(21)30)20-10-13-22(32)14-11-20/h10,12,15-17,22,32H,3-4,6-9,11,13-14H2,1-2,5H3/b25-24-. The lowest BCUT2D eigenvalue weighted by molar-refractivity contribution is 0.166. The molecule has 0 amide bonds. The van der Waals surface area contributed by atoms with Crippen molar-refractivity contribution in [2.45, 2.75) is 64.9 Å². The number of aliphatic hydroxyl groups excluding tert-OH is 1. The van der Waals surface area contributed by atoms with E-state index in [2.05, 4.69) is 17.9 Å². The Morgan fingerprint density at radius 1 is 1.09 bits per heavy atom. The maximum absolute atomic E-state index is 14.7. The second kappa shape index (κ2) is 12.2. The third kappa shape index (κ3) is 7.07. The number of hydrogen-bond acceptors (Lipinski definition) is 2. The van der Waals surface area contributed by atoms with Crippen molar-refractivity contribution in [1.82, 2.24) is 0 Å². The maximum atomic E-state index is 14.7. The van der Waals surface area contributed by atoms with E-state index in [4.69, 9.17) is 0 Å². The van der Waals surface area contributed by atoms with E-state index in [0.717, 1.165) is 5.57 Å². The van der Waals surface area contributed by atoms with Gasteiger partial charge in [-0.3, -0.25) is 0 Å². The topological polar surface area (TPSA) is 29.5 Å². The highest BCUT2D eigenvalue weighted by atomic mass is 19.2. The third-order valence-corrected chi connectivity index (χ3v) is 6.45. The van der Waals surface area contributed by atoms with Crippen LogP contribution in [0, 0.1) is 23.5 Å². The Bertz CT molecular complexity index is 932. The normalized spacial score (nSPS) is 18.8. The zero-order valence-corrected chi connectivity index (χ0v) is 19.7. The fraction of sp³-hybridized carbons (Fsp3) is 0.481. The van der Waals surface area contributed by atoms with Gasteiger partial charge in [-0.2, -0.15) is 4.39 Å². The van der Waals surface area contributed by atoms with Crippen LogP contribution in [0.1, 0.15) is 63.5 Å². The predicted molar refractivity (Wildman–Crippen MR) is 125 cm³/mol. The van der Waals surface area contributed by atoms with E-state index in [1.54, 1.807) is 25.1 Å². The zero-order valence-electron chi connectivity index (χ0n) is 19.7. The highest BCUT2D eigenvalue weighted by Crippen LogP contribution is 2.32. The Morgan fingerprint density at radius 2 is 1.79 bits per heavy atom. The largest absolute Gasteiger partial charge is 0.494 e. The van der Waals surface area contributed by atoms with Crippen LogP contribution in [-0.2, 0) is 11.2 Å². The van der Waals surface area contributed by atoms with E-state index in [1.165, 1.54) is 7.11 Å². The van der Waals surface area contributed by atoms with Crippen LogP contribution >= 0.6 is 0 Å². The number of benzene rings is 1. The fourth-order valence-electron chi connectivity index (χ4n) is 3.92. The molecule has 182 valence electrons. The molecular formula is C27H34F4O2. The number of rotatable bonds is 11. The number of hydrogen-bond donors (Lipinski definition) is 1. The lowest BCUT2D eigenvalue weighted by atomic mass is 9.88. The molecule has 0 aliphatic heterocycles. The van der Waals surface area contributed by atoms with Crippen molar-refractivity contribution in [3.63, 3.8) is 0 Å². The van der Waals surface area contributed by atoms with Gasteiger partial charge in [-0.25, -0.2) is 13.2 Å². The molecular weight excluding hydrogens is 432 g/mol. The maximum Gasteiger partial charge on any atom is 0.200 e. The van der Waals surface area contributed by atoms with Gasteiger partial charge in [-0.15, -0.1) is 0 Å².